The van der Waals surface area contributed by atoms with E-state index in [9.17, 15) is 0 Å². The van der Waals surface area contributed by atoms with Gasteiger partial charge in [-0.15, -0.1) is 11.2 Å². The molecule has 0 bridgehead atoms. The average Bonchev–Trinajstić information content (AvgIpc) is 1.85. The largest absolute Gasteiger partial charge is 0.378 e. The van der Waals surface area contributed by atoms with E-state index in [-0.39, 0.29) is 0 Å². The van der Waals surface area contributed by atoms with Crippen molar-refractivity contribution in [3.63, 3.8) is 0 Å². The van der Waals surface area contributed by atoms with Gasteiger partial charge in [0.15, 0.2) is 0 Å². The minimum atomic E-state index is -0.719. The Morgan fingerprint density at radius 2 is 1.36 bits per heavy atom. The summed E-state index contributed by atoms with van der Waals surface area (Å²) < 4.78 is 0. The Labute approximate surface area is 64.6 Å². The van der Waals surface area contributed by atoms with E-state index in [2.05, 4.69) is 27.0 Å². The Bertz CT molecular complexity index is 79.4. The number of hydrazine groups is 2. The molecule has 0 aromatic rings. The summed E-state index contributed by atoms with van der Waals surface area (Å²) in [6.07, 6.45) is -1.44. The summed E-state index contributed by atoms with van der Waals surface area (Å²) in [5.41, 5.74) is 8.95. The van der Waals surface area contributed by atoms with Crippen LogP contribution in [-0.4, -0.2) is 22.7 Å². The number of rotatable bonds is 6. The standard InChI is InChI=1S/C4H14N4O3/c1-3(9)5-7-11-8-6-4(2)10/h3-10H,1-2H3. The van der Waals surface area contributed by atoms with Gasteiger partial charge in [-0.3, -0.25) is 0 Å². The lowest BCUT2D eigenvalue weighted by Gasteiger charge is -2.11. The number of nitrogens with one attached hydrogen (secondary N) is 4. The van der Waals surface area contributed by atoms with Crippen molar-refractivity contribution >= 4 is 0 Å². The molecule has 68 valence electrons. The summed E-state index contributed by atoms with van der Waals surface area (Å²) in [4.78, 5) is 4.41. The first-order valence-corrected chi connectivity index (χ1v) is 3.16. The van der Waals surface area contributed by atoms with Gasteiger partial charge in [-0.2, -0.15) is 4.94 Å². The zero-order valence-electron chi connectivity index (χ0n) is 6.46. The molecular weight excluding hydrogens is 152 g/mol. The van der Waals surface area contributed by atoms with Crippen molar-refractivity contribution in [1.29, 1.82) is 0 Å². The molecule has 6 N–H and O–H groups in total. The van der Waals surface area contributed by atoms with Gasteiger partial charge in [-0.1, -0.05) is 0 Å². The fourth-order valence-corrected chi connectivity index (χ4v) is 0.255. The summed E-state index contributed by atoms with van der Waals surface area (Å²) in [6, 6.07) is 0. The van der Waals surface area contributed by atoms with Crippen molar-refractivity contribution in [1.82, 2.24) is 22.0 Å². The summed E-state index contributed by atoms with van der Waals surface area (Å²) >= 11 is 0. The third-order valence-corrected chi connectivity index (χ3v) is 0.638. The molecule has 0 radical (unpaired) electrons. The van der Waals surface area contributed by atoms with Gasteiger partial charge in [0.25, 0.3) is 0 Å². The van der Waals surface area contributed by atoms with Gasteiger partial charge >= 0.3 is 0 Å². The molecule has 0 saturated carbocycles. The molecule has 0 aliphatic rings. The molecule has 7 nitrogen and oxygen atoms in total. The van der Waals surface area contributed by atoms with Crippen molar-refractivity contribution in [3.05, 3.63) is 0 Å². The monoisotopic (exact) mass is 166 g/mol. The van der Waals surface area contributed by atoms with Gasteiger partial charge < -0.3 is 10.2 Å². The summed E-state index contributed by atoms with van der Waals surface area (Å²) in [6.45, 7) is 3.02. The van der Waals surface area contributed by atoms with Crippen molar-refractivity contribution in [2.24, 2.45) is 0 Å². The molecule has 7 heteroatoms. The maximum atomic E-state index is 8.61. The number of hydrogen-bond donors (Lipinski definition) is 6. The molecule has 2 atom stereocenters. The molecule has 0 aliphatic heterocycles. The second-order valence-electron chi connectivity index (χ2n) is 1.95. The second kappa shape index (κ2) is 6.43. The smallest absolute Gasteiger partial charge is 0.116 e. The predicted octanol–water partition coefficient (Wildman–Crippen LogP) is -2.30. The zero-order chi connectivity index (χ0) is 8.69. The van der Waals surface area contributed by atoms with Gasteiger partial charge in [-0.25, -0.2) is 10.9 Å². The molecule has 0 fully saturated rings. The van der Waals surface area contributed by atoms with Gasteiger partial charge in [-0.05, 0) is 13.8 Å². The highest BCUT2D eigenvalue weighted by Crippen LogP contribution is 1.65. The maximum Gasteiger partial charge on any atom is 0.116 e. The van der Waals surface area contributed by atoms with Crippen LogP contribution in [0.25, 0.3) is 0 Å². The van der Waals surface area contributed by atoms with Crippen LogP contribution >= 0.6 is 0 Å². The Morgan fingerprint density at radius 3 is 1.64 bits per heavy atom. The van der Waals surface area contributed by atoms with Crippen LogP contribution in [0.5, 0.6) is 0 Å². The highest BCUT2D eigenvalue weighted by molar-refractivity contribution is 4.29. The normalized spacial score (nSPS) is 16.4. The first-order chi connectivity index (χ1) is 5.13. The van der Waals surface area contributed by atoms with Crippen LogP contribution in [0.2, 0.25) is 0 Å². The van der Waals surface area contributed by atoms with E-state index in [0.717, 1.165) is 0 Å². The maximum absolute atomic E-state index is 8.61. The fraction of sp³-hybridized carbons (Fsp3) is 1.00. The molecular formula is C4H14N4O3. The van der Waals surface area contributed by atoms with E-state index >= 15 is 0 Å². The van der Waals surface area contributed by atoms with Crippen LogP contribution in [-0.2, 0) is 4.94 Å². The molecule has 0 saturated heterocycles. The molecule has 11 heavy (non-hydrogen) atoms. The number of aliphatic hydroxyl groups excluding tert-OH is 2. The van der Waals surface area contributed by atoms with E-state index in [0.29, 0.717) is 0 Å². The minimum Gasteiger partial charge on any atom is -0.378 e. The lowest BCUT2D eigenvalue weighted by Crippen LogP contribution is -2.48. The van der Waals surface area contributed by atoms with E-state index in [1.54, 1.807) is 0 Å². The molecule has 0 heterocycles. The fourth-order valence-electron chi connectivity index (χ4n) is 0.255. The van der Waals surface area contributed by atoms with Crippen LogP contribution in [0.4, 0.5) is 0 Å². The minimum absolute atomic E-state index is 0.719. The topological polar surface area (TPSA) is 97.8 Å². The van der Waals surface area contributed by atoms with Crippen molar-refractivity contribution in [2.75, 3.05) is 0 Å². The summed E-state index contributed by atoms with van der Waals surface area (Å²) in [5, 5.41) is 17.2. The molecule has 0 rings (SSSR count). The third-order valence-electron chi connectivity index (χ3n) is 0.638. The van der Waals surface area contributed by atoms with E-state index in [1.807, 2.05) is 0 Å². The van der Waals surface area contributed by atoms with Gasteiger partial charge in [0.1, 0.15) is 12.5 Å². The predicted molar refractivity (Wildman–Crippen MR) is 37.0 cm³/mol. The molecule has 0 amide bonds. The van der Waals surface area contributed by atoms with Gasteiger partial charge in [0, 0.05) is 0 Å². The quantitative estimate of drug-likeness (QED) is 0.150. The highest BCUT2D eigenvalue weighted by Gasteiger charge is 1.92. The number of aliphatic hydroxyl groups is 2. The van der Waals surface area contributed by atoms with E-state index in [1.165, 1.54) is 13.8 Å². The SMILES string of the molecule is CC(O)NNONNC(C)O. The Morgan fingerprint density at radius 1 is 1.00 bits per heavy atom. The first kappa shape index (κ1) is 10.7. The average molecular weight is 166 g/mol. The van der Waals surface area contributed by atoms with Crippen LogP contribution < -0.4 is 22.0 Å². The van der Waals surface area contributed by atoms with Crippen molar-refractivity contribution in [3.8, 4) is 0 Å². The van der Waals surface area contributed by atoms with E-state index < -0.39 is 12.5 Å². The highest BCUT2D eigenvalue weighted by atomic mass is 16.8. The van der Waals surface area contributed by atoms with Crippen molar-refractivity contribution < 1.29 is 15.2 Å². The van der Waals surface area contributed by atoms with Crippen LogP contribution in [0, 0.1) is 0 Å². The zero-order valence-corrected chi connectivity index (χ0v) is 6.46. The lowest BCUT2D eigenvalue weighted by molar-refractivity contribution is -0.118. The Balaban J connectivity index is 2.91. The first-order valence-electron chi connectivity index (χ1n) is 3.16. The van der Waals surface area contributed by atoms with Crippen LogP contribution in [0.3, 0.4) is 0 Å². The van der Waals surface area contributed by atoms with Crippen LogP contribution in [0.1, 0.15) is 13.8 Å². The van der Waals surface area contributed by atoms with Crippen molar-refractivity contribution in [2.45, 2.75) is 26.3 Å². The molecule has 2 unspecified atom stereocenters. The molecule has 0 aromatic carbocycles. The van der Waals surface area contributed by atoms with E-state index in [4.69, 9.17) is 10.2 Å². The number of hydrogen-bond acceptors (Lipinski definition) is 7. The Kier molecular flexibility index (Phi) is 6.27. The lowest BCUT2D eigenvalue weighted by atomic mass is 10.7. The Hall–Kier alpha value is -0.280. The molecule has 0 aromatic heterocycles. The third kappa shape index (κ3) is 9.72. The summed E-state index contributed by atoms with van der Waals surface area (Å²) in [7, 11) is 0. The van der Waals surface area contributed by atoms with Gasteiger partial charge in [0.2, 0.25) is 0 Å². The van der Waals surface area contributed by atoms with Gasteiger partial charge in [0.05, 0.1) is 0 Å². The second-order valence-corrected chi connectivity index (χ2v) is 1.95. The molecule has 0 aliphatic carbocycles. The summed E-state index contributed by atoms with van der Waals surface area (Å²) in [5.74, 6) is 0. The molecule has 0 spiro atoms. The van der Waals surface area contributed by atoms with Crippen LogP contribution in [0.15, 0.2) is 0 Å².